The van der Waals surface area contributed by atoms with Crippen LogP contribution in [0.4, 0.5) is 4.39 Å². The molecule has 0 spiro atoms. The van der Waals surface area contributed by atoms with Gasteiger partial charge in [-0.15, -0.1) is 0 Å². The number of hydrogen-bond acceptors (Lipinski definition) is 4. The van der Waals surface area contributed by atoms with Crippen LogP contribution in [-0.2, 0) is 6.54 Å². The van der Waals surface area contributed by atoms with E-state index in [0.717, 1.165) is 30.8 Å². The molecule has 0 bridgehead atoms. The van der Waals surface area contributed by atoms with E-state index in [1.807, 2.05) is 30.9 Å². The van der Waals surface area contributed by atoms with Crippen LogP contribution in [0.1, 0.15) is 61.8 Å². The van der Waals surface area contributed by atoms with Crippen LogP contribution in [0, 0.1) is 11.7 Å². The van der Waals surface area contributed by atoms with Crippen molar-refractivity contribution in [2.75, 3.05) is 19.6 Å². The lowest BCUT2D eigenvalue weighted by Gasteiger charge is -2.34. The monoisotopic (exact) mass is 387 g/mol. The first-order chi connectivity index (χ1) is 13.3. The van der Waals surface area contributed by atoms with Crippen LogP contribution in [0.3, 0.4) is 0 Å². The minimum Gasteiger partial charge on any atom is -0.360 e. The Kier molecular flexibility index (Phi) is 6.50. The summed E-state index contributed by atoms with van der Waals surface area (Å²) < 4.78 is 18.5. The van der Waals surface area contributed by atoms with Gasteiger partial charge in [-0.25, -0.2) is 4.39 Å². The number of carbonyl (C=O) groups excluding carboxylic acids is 1. The van der Waals surface area contributed by atoms with Crippen LogP contribution in [0.5, 0.6) is 0 Å². The normalized spacial score (nSPS) is 18.7. The summed E-state index contributed by atoms with van der Waals surface area (Å²) in [5.74, 6) is 1.04. The fraction of sp³-hybridized carbons (Fsp3) is 0.545. The van der Waals surface area contributed by atoms with Crippen molar-refractivity contribution < 1.29 is 13.7 Å². The second-order valence-electron chi connectivity index (χ2n) is 8.28. The lowest BCUT2D eigenvalue weighted by atomic mass is 10.0. The smallest absolute Gasteiger partial charge is 0.276 e. The first kappa shape index (κ1) is 20.5. The third-order valence-electron chi connectivity index (χ3n) is 5.42. The summed E-state index contributed by atoms with van der Waals surface area (Å²) in [5, 5.41) is 3.99. The quantitative estimate of drug-likeness (QED) is 0.767. The molecule has 1 aromatic heterocycles. The molecule has 152 valence electrons. The van der Waals surface area contributed by atoms with Crippen molar-refractivity contribution >= 4 is 5.91 Å². The summed E-state index contributed by atoms with van der Waals surface area (Å²) in [4.78, 5) is 17.3. The van der Waals surface area contributed by atoms with Crippen molar-refractivity contribution in [2.45, 2.75) is 52.6 Å². The molecule has 5 nitrogen and oxygen atoms in total. The van der Waals surface area contributed by atoms with Crippen LogP contribution < -0.4 is 0 Å². The molecule has 6 heteroatoms. The largest absolute Gasteiger partial charge is 0.360 e. The van der Waals surface area contributed by atoms with Gasteiger partial charge in [0.2, 0.25) is 0 Å². The summed E-state index contributed by atoms with van der Waals surface area (Å²) in [7, 11) is 0. The summed E-state index contributed by atoms with van der Waals surface area (Å²) in [5.41, 5.74) is 1.48. The number of halogens is 1. The molecule has 0 aliphatic carbocycles. The highest BCUT2D eigenvalue weighted by Crippen LogP contribution is 2.22. The van der Waals surface area contributed by atoms with E-state index >= 15 is 0 Å². The number of carbonyl (C=O) groups is 1. The molecular weight excluding hydrogens is 357 g/mol. The van der Waals surface area contributed by atoms with Crippen molar-refractivity contribution in [3.8, 4) is 0 Å². The van der Waals surface area contributed by atoms with E-state index in [-0.39, 0.29) is 23.7 Å². The van der Waals surface area contributed by atoms with Gasteiger partial charge in [0.1, 0.15) is 11.6 Å². The summed E-state index contributed by atoms with van der Waals surface area (Å²) in [6.07, 6.45) is 0.894. The van der Waals surface area contributed by atoms with E-state index in [4.69, 9.17) is 4.52 Å². The average Bonchev–Trinajstić information content (AvgIpc) is 3.06. The molecule has 1 aliphatic rings. The van der Waals surface area contributed by atoms with Gasteiger partial charge in [-0.05, 0) is 30.0 Å². The van der Waals surface area contributed by atoms with Crippen LogP contribution in [0.25, 0.3) is 0 Å². The molecule has 1 fully saturated rings. The third-order valence-corrected chi connectivity index (χ3v) is 5.42. The second-order valence-corrected chi connectivity index (χ2v) is 8.28. The van der Waals surface area contributed by atoms with E-state index in [1.54, 1.807) is 6.07 Å². The molecule has 1 amide bonds. The van der Waals surface area contributed by atoms with E-state index in [1.165, 1.54) is 12.1 Å². The SMILES string of the molecule is CC(C)c1cc(C(=O)N2CCCN(Cc3ccc(F)cc3)[C@H](C(C)C)C2)no1. The fourth-order valence-corrected chi connectivity index (χ4v) is 3.72. The van der Waals surface area contributed by atoms with Crippen molar-refractivity contribution in [1.82, 2.24) is 15.0 Å². The van der Waals surface area contributed by atoms with Crippen molar-refractivity contribution in [1.29, 1.82) is 0 Å². The third kappa shape index (κ3) is 4.79. The van der Waals surface area contributed by atoms with E-state index in [0.29, 0.717) is 24.7 Å². The Bertz CT molecular complexity index is 785. The van der Waals surface area contributed by atoms with Crippen LogP contribution in [-0.4, -0.2) is 46.5 Å². The topological polar surface area (TPSA) is 49.6 Å². The Morgan fingerprint density at radius 1 is 1.21 bits per heavy atom. The van der Waals surface area contributed by atoms with Gasteiger partial charge in [0.05, 0.1) is 0 Å². The number of amides is 1. The van der Waals surface area contributed by atoms with Gasteiger partial charge in [0.25, 0.3) is 5.91 Å². The molecule has 2 aromatic rings. The zero-order chi connectivity index (χ0) is 20.3. The van der Waals surface area contributed by atoms with Gasteiger partial charge in [0, 0.05) is 44.2 Å². The molecule has 28 heavy (non-hydrogen) atoms. The summed E-state index contributed by atoms with van der Waals surface area (Å²) >= 11 is 0. The Balaban J connectivity index is 1.74. The van der Waals surface area contributed by atoms with Crippen LogP contribution in [0.15, 0.2) is 34.9 Å². The predicted octanol–water partition coefficient (Wildman–Crippen LogP) is 4.31. The van der Waals surface area contributed by atoms with E-state index in [9.17, 15) is 9.18 Å². The number of benzene rings is 1. The molecular formula is C22H30FN3O2. The summed E-state index contributed by atoms with van der Waals surface area (Å²) in [6.45, 7) is 11.4. The van der Waals surface area contributed by atoms with Gasteiger partial charge in [-0.3, -0.25) is 9.69 Å². The highest BCUT2D eigenvalue weighted by molar-refractivity contribution is 5.92. The highest BCUT2D eigenvalue weighted by atomic mass is 19.1. The van der Waals surface area contributed by atoms with Crippen molar-refractivity contribution in [2.24, 2.45) is 5.92 Å². The first-order valence-corrected chi connectivity index (χ1v) is 10.1. The van der Waals surface area contributed by atoms with Crippen molar-refractivity contribution in [3.05, 3.63) is 53.2 Å². The number of nitrogens with zero attached hydrogens (tertiary/aromatic N) is 3. The Morgan fingerprint density at radius 3 is 2.54 bits per heavy atom. The molecule has 3 rings (SSSR count). The Morgan fingerprint density at radius 2 is 1.93 bits per heavy atom. The number of aromatic nitrogens is 1. The average molecular weight is 387 g/mol. The zero-order valence-electron chi connectivity index (χ0n) is 17.2. The van der Waals surface area contributed by atoms with Gasteiger partial charge >= 0.3 is 0 Å². The second kappa shape index (κ2) is 8.86. The van der Waals surface area contributed by atoms with Gasteiger partial charge in [-0.1, -0.05) is 45.0 Å². The van der Waals surface area contributed by atoms with Crippen molar-refractivity contribution in [3.63, 3.8) is 0 Å². The molecule has 1 atom stereocenters. The highest BCUT2D eigenvalue weighted by Gasteiger charge is 2.31. The van der Waals surface area contributed by atoms with Gasteiger partial charge < -0.3 is 9.42 Å². The lowest BCUT2D eigenvalue weighted by molar-refractivity contribution is 0.0692. The van der Waals surface area contributed by atoms with Gasteiger partial charge in [0.15, 0.2) is 5.69 Å². The fourth-order valence-electron chi connectivity index (χ4n) is 3.72. The molecule has 0 radical (unpaired) electrons. The zero-order valence-corrected chi connectivity index (χ0v) is 17.2. The molecule has 0 unspecified atom stereocenters. The summed E-state index contributed by atoms with van der Waals surface area (Å²) in [6, 6.07) is 8.67. The maximum absolute atomic E-state index is 13.2. The molecule has 2 heterocycles. The molecule has 0 saturated carbocycles. The number of rotatable bonds is 5. The standard InChI is InChI=1S/C22H30FN3O2/c1-15(2)20-14-26(22(27)19-12-21(16(3)4)28-24-19)11-5-10-25(20)13-17-6-8-18(23)9-7-17/h6-9,12,15-16,20H,5,10-11,13-14H2,1-4H3/t20-/m0/s1. The maximum atomic E-state index is 13.2. The van der Waals surface area contributed by atoms with E-state index < -0.39 is 0 Å². The molecule has 1 aliphatic heterocycles. The van der Waals surface area contributed by atoms with E-state index in [2.05, 4.69) is 23.9 Å². The predicted molar refractivity (Wildman–Crippen MR) is 107 cm³/mol. The molecule has 1 aromatic carbocycles. The Hall–Kier alpha value is -2.21. The first-order valence-electron chi connectivity index (χ1n) is 10.1. The van der Waals surface area contributed by atoms with Crippen LogP contribution >= 0.6 is 0 Å². The lowest BCUT2D eigenvalue weighted by Crippen LogP contribution is -2.45. The minimum absolute atomic E-state index is 0.0649. The minimum atomic E-state index is -0.217. The molecule has 1 saturated heterocycles. The Labute approximate surface area is 166 Å². The number of hydrogen-bond donors (Lipinski definition) is 0. The maximum Gasteiger partial charge on any atom is 0.276 e. The molecule has 0 N–H and O–H groups in total. The van der Waals surface area contributed by atoms with Crippen LogP contribution in [0.2, 0.25) is 0 Å². The van der Waals surface area contributed by atoms with Gasteiger partial charge in [-0.2, -0.15) is 0 Å².